The van der Waals surface area contributed by atoms with Crippen molar-refractivity contribution >= 4 is 22.6 Å². The summed E-state index contributed by atoms with van der Waals surface area (Å²) in [5, 5.41) is 38.5. The summed E-state index contributed by atoms with van der Waals surface area (Å²) in [4.78, 5) is 25.1. The first-order chi connectivity index (χ1) is 9.37. The topological polar surface area (TPSA) is 145 Å². The van der Waals surface area contributed by atoms with Gasteiger partial charge in [0.1, 0.15) is 18.3 Å². The first kappa shape index (κ1) is 15.6. The largest absolute Gasteiger partial charge is 0.394 e. The molecule has 2 heterocycles. The number of rotatable bonds is 3. The van der Waals surface area contributed by atoms with Gasteiger partial charge in [0, 0.05) is 6.07 Å². The van der Waals surface area contributed by atoms with Crippen LogP contribution in [-0.4, -0.2) is 61.5 Å². The van der Waals surface area contributed by atoms with Crippen LogP contribution in [0.4, 0.5) is 0 Å². The quantitative estimate of drug-likeness (QED) is 0.267. The molecule has 5 N–H and O–H groups in total. The van der Waals surface area contributed by atoms with Gasteiger partial charge in [-0.25, -0.2) is 4.79 Å². The summed E-state index contributed by atoms with van der Waals surface area (Å²) in [6.07, 6.45) is -4.30. The molecule has 0 radical (unpaired) electrons. The van der Waals surface area contributed by atoms with Crippen molar-refractivity contribution in [1.29, 1.82) is 0 Å². The highest BCUT2D eigenvalue weighted by Crippen LogP contribution is 2.35. The van der Waals surface area contributed by atoms with E-state index in [0.29, 0.717) is 0 Å². The minimum absolute atomic E-state index is 0.107. The molecule has 1 saturated heterocycles. The molecule has 20 heavy (non-hydrogen) atoms. The zero-order chi connectivity index (χ0) is 15.1. The Morgan fingerprint density at radius 3 is 2.50 bits per heavy atom. The van der Waals surface area contributed by atoms with Gasteiger partial charge >= 0.3 is 5.69 Å². The van der Waals surface area contributed by atoms with Crippen LogP contribution in [0.3, 0.4) is 0 Å². The van der Waals surface area contributed by atoms with E-state index in [1.165, 1.54) is 0 Å². The van der Waals surface area contributed by atoms with Crippen molar-refractivity contribution in [2.45, 2.75) is 24.0 Å². The predicted molar refractivity (Wildman–Crippen MR) is 73.1 cm³/mol. The number of nitrogens with one attached hydrogen (secondary N) is 1. The Labute approximate surface area is 125 Å². The fourth-order valence-electron chi connectivity index (χ4n) is 2.22. The average molecular weight is 400 g/mol. The number of aliphatic hydroxyl groups is 4. The number of H-pyrrole nitrogens is 1. The molecule has 1 aromatic heterocycles. The van der Waals surface area contributed by atoms with Gasteiger partial charge in [-0.2, -0.15) is 0 Å². The molecule has 0 aromatic carbocycles. The summed E-state index contributed by atoms with van der Waals surface area (Å²) in [6, 6.07) is 1.08. The first-order valence-corrected chi connectivity index (χ1v) is 6.73. The summed E-state index contributed by atoms with van der Waals surface area (Å²) >= 11 is 1.67. The summed E-state index contributed by atoms with van der Waals surface area (Å²) in [5.74, 6) is 0. The third-order valence-corrected chi connectivity index (χ3v) is 4.00. The van der Waals surface area contributed by atoms with Gasteiger partial charge in [0.15, 0.2) is 0 Å². The molecule has 10 heteroatoms. The number of hydrogen-bond donors (Lipinski definition) is 5. The summed E-state index contributed by atoms with van der Waals surface area (Å²) in [6.45, 7) is -1.43. The van der Waals surface area contributed by atoms with Crippen LogP contribution in [0.2, 0.25) is 0 Å². The second-order valence-corrected chi connectivity index (χ2v) is 5.48. The normalized spacial score (nSPS) is 33.5. The number of halogens is 1. The Hall–Kier alpha value is -0.790. The van der Waals surface area contributed by atoms with E-state index >= 15 is 0 Å². The Morgan fingerprint density at radius 2 is 2.05 bits per heavy atom. The van der Waals surface area contributed by atoms with Crippen LogP contribution in [0.5, 0.6) is 0 Å². The maximum atomic E-state index is 11.9. The molecule has 0 spiro atoms. The summed E-state index contributed by atoms with van der Waals surface area (Å²) < 4.78 is 6.25. The standard InChI is InChI=1S/C10H13IN2O7/c11-5-1-6(16)12-9(19)13(5)10(3-15)8(18)7(17)4(2-14)20-10/h1,4,7-8,14-15,17-18H,2-3H2,(H,12,16,19)/t4-,7?,8?,10-/m0/s1. The molecule has 1 aliphatic rings. The van der Waals surface area contributed by atoms with Gasteiger partial charge in [-0.05, 0) is 22.6 Å². The molecule has 1 fully saturated rings. The van der Waals surface area contributed by atoms with Crippen molar-refractivity contribution in [3.63, 3.8) is 0 Å². The molecule has 1 aromatic rings. The van der Waals surface area contributed by atoms with Crippen LogP contribution >= 0.6 is 22.6 Å². The van der Waals surface area contributed by atoms with Crippen LogP contribution in [-0.2, 0) is 10.5 Å². The van der Waals surface area contributed by atoms with Gasteiger partial charge in [0.25, 0.3) is 5.56 Å². The van der Waals surface area contributed by atoms with Crippen molar-refractivity contribution in [1.82, 2.24) is 9.55 Å². The van der Waals surface area contributed by atoms with Crippen LogP contribution in [0.15, 0.2) is 15.7 Å². The van der Waals surface area contributed by atoms with E-state index in [9.17, 15) is 24.9 Å². The molecule has 0 saturated carbocycles. The highest BCUT2D eigenvalue weighted by Gasteiger charge is 2.56. The number of ether oxygens (including phenoxy) is 1. The SMILES string of the molecule is O=c1cc(I)n([C@@]2(CO)O[C@@H](CO)C(O)C2O)c(=O)[nH]1. The zero-order valence-electron chi connectivity index (χ0n) is 10.1. The lowest BCUT2D eigenvalue weighted by molar-refractivity contribution is -0.175. The van der Waals surface area contributed by atoms with Crippen molar-refractivity contribution in [2.24, 2.45) is 0 Å². The third kappa shape index (κ3) is 2.21. The highest BCUT2D eigenvalue weighted by molar-refractivity contribution is 14.1. The van der Waals surface area contributed by atoms with Crippen LogP contribution < -0.4 is 11.2 Å². The maximum Gasteiger partial charge on any atom is 0.331 e. The second-order valence-electron chi connectivity index (χ2n) is 4.37. The van der Waals surface area contributed by atoms with E-state index in [1.807, 2.05) is 4.98 Å². The van der Waals surface area contributed by atoms with Crippen molar-refractivity contribution < 1.29 is 25.2 Å². The Balaban J connectivity index is 2.64. The molecule has 0 bridgehead atoms. The number of hydrogen-bond acceptors (Lipinski definition) is 7. The molecular formula is C10H13IN2O7. The molecule has 2 rings (SSSR count). The molecule has 9 nitrogen and oxygen atoms in total. The van der Waals surface area contributed by atoms with E-state index < -0.39 is 48.5 Å². The van der Waals surface area contributed by atoms with E-state index in [2.05, 4.69) is 0 Å². The monoisotopic (exact) mass is 400 g/mol. The lowest BCUT2D eigenvalue weighted by Crippen LogP contribution is -2.55. The zero-order valence-corrected chi connectivity index (χ0v) is 12.2. The van der Waals surface area contributed by atoms with Gasteiger partial charge in [-0.15, -0.1) is 0 Å². The molecule has 0 aliphatic carbocycles. The average Bonchev–Trinajstić information content (AvgIpc) is 2.63. The number of nitrogens with zero attached hydrogens (tertiary/aromatic N) is 1. The lowest BCUT2D eigenvalue weighted by atomic mass is 10.0. The maximum absolute atomic E-state index is 11.9. The Morgan fingerprint density at radius 1 is 1.40 bits per heavy atom. The fraction of sp³-hybridized carbons (Fsp3) is 0.600. The van der Waals surface area contributed by atoms with E-state index in [4.69, 9.17) is 9.84 Å². The number of aromatic nitrogens is 2. The van der Waals surface area contributed by atoms with Gasteiger partial charge in [0.05, 0.1) is 16.9 Å². The number of aliphatic hydroxyl groups excluding tert-OH is 4. The molecule has 1 aliphatic heterocycles. The first-order valence-electron chi connectivity index (χ1n) is 5.65. The molecule has 0 amide bonds. The van der Waals surface area contributed by atoms with Crippen molar-refractivity contribution in [3.8, 4) is 0 Å². The van der Waals surface area contributed by atoms with Crippen molar-refractivity contribution in [2.75, 3.05) is 13.2 Å². The van der Waals surface area contributed by atoms with E-state index in [1.54, 1.807) is 22.6 Å². The van der Waals surface area contributed by atoms with Crippen LogP contribution in [0.1, 0.15) is 0 Å². The Bertz CT molecular complexity index is 614. The fourth-order valence-corrected chi connectivity index (χ4v) is 3.13. The Kier molecular flexibility index (Phi) is 4.32. The molecule has 2 unspecified atom stereocenters. The highest BCUT2D eigenvalue weighted by atomic mass is 127. The lowest BCUT2D eigenvalue weighted by Gasteiger charge is -2.32. The van der Waals surface area contributed by atoms with Crippen LogP contribution in [0.25, 0.3) is 0 Å². The molecule has 4 atom stereocenters. The second kappa shape index (κ2) is 5.54. The summed E-state index contributed by atoms with van der Waals surface area (Å²) in [5.41, 5.74) is -3.51. The smallest absolute Gasteiger partial charge is 0.331 e. The predicted octanol–water partition coefficient (Wildman–Crippen LogP) is -3.10. The van der Waals surface area contributed by atoms with E-state index in [-0.39, 0.29) is 3.70 Å². The van der Waals surface area contributed by atoms with Gasteiger partial charge in [-0.1, -0.05) is 0 Å². The third-order valence-electron chi connectivity index (χ3n) is 3.20. The van der Waals surface area contributed by atoms with E-state index in [0.717, 1.165) is 10.6 Å². The van der Waals surface area contributed by atoms with Crippen LogP contribution in [0, 0.1) is 3.70 Å². The van der Waals surface area contributed by atoms with Crippen molar-refractivity contribution in [3.05, 3.63) is 30.6 Å². The molecule has 112 valence electrons. The number of aromatic amines is 1. The van der Waals surface area contributed by atoms with Gasteiger partial charge in [-0.3, -0.25) is 14.3 Å². The minimum Gasteiger partial charge on any atom is -0.394 e. The molecular weight excluding hydrogens is 387 g/mol. The van der Waals surface area contributed by atoms with Gasteiger partial charge < -0.3 is 25.2 Å². The van der Waals surface area contributed by atoms with Gasteiger partial charge in [0.2, 0.25) is 5.72 Å². The summed E-state index contributed by atoms with van der Waals surface area (Å²) in [7, 11) is 0. The minimum atomic E-state index is -1.97.